The second kappa shape index (κ2) is 14.7. The first-order valence-electron chi connectivity index (χ1n) is 14.9. The van der Waals surface area contributed by atoms with Gasteiger partial charge in [0.15, 0.2) is 23.1 Å². The number of nitrogens with one attached hydrogen (secondary N) is 3. The summed E-state index contributed by atoms with van der Waals surface area (Å²) in [5.74, 6) is -0.496. The predicted octanol–water partition coefficient (Wildman–Crippen LogP) is 5.41. The monoisotopic (exact) mass is 600 g/mol. The number of methoxy groups -OCH3 is 1. The second-order valence-corrected chi connectivity index (χ2v) is 10.7. The molecule has 9 nitrogen and oxygen atoms in total. The molecule has 0 spiro atoms. The van der Waals surface area contributed by atoms with Gasteiger partial charge in [-0.3, -0.25) is 14.6 Å². The molecule has 1 aromatic heterocycles. The topological polar surface area (TPSA) is 111 Å². The number of fused-ring (bicyclic) bond motifs is 1. The van der Waals surface area contributed by atoms with Crippen molar-refractivity contribution in [2.45, 2.75) is 32.6 Å². The van der Waals surface area contributed by atoms with E-state index in [4.69, 9.17) is 14.2 Å². The molecular formula is C34H37FN4O5. The number of hydrogen-bond donors (Lipinski definition) is 3. The molecule has 0 radical (unpaired) electrons. The molecule has 1 fully saturated rings. The van der Waals surface area contributed by atoms with Crippen molar-refractivity contribution in [1.29, 1.82) is 0 Å². The van der Waals surface area contributed by atoms with E-state index >= 15 is 4.39 Å². The Hall–Kier alpha value is -4.70. The quantitative estimate of drug-likeness (QED) is 0.197. The summed E-state index contributed by atoms with van der Waals surface area (Å²) < 4.78 is 32.7. The van der Waals surface area contributed by atoms with E-state index < -0.39 is 17.6 Å². The van der Waals surface area contributed by atoms with Crippen LogP contribution in [0, 0.1) is 11.7 Å². The van der Waals surface area contributed by atoms with Gasteiger partial charge in [0.2, 0.25) is 0 Å². The lowest BCUT2D eigenvalue weighted by atomic mass is 9.99. The number of ether oxygens (including phenoxy) is 3. The molecule has 3 N–H and O–H groups in total. The zero-order chi connectivity index (χ0) is 30.9. The molecule has 0 bridgehead atoms. The van der Waals surface area contributed by atoms with Gasteiger partial charge in [-0.1, -0.05) is 31.2 Å². The summed E-state index contributed by atoms with van der Waals surface area (Å²) in [5.41, 5.74) is 3.03. The fourth-order valence-corrected chi connectivity index (χ4v) is 5.06. The lowest BCUT2D eigenvalue weighted by Crippen LogP contribution is -2.36. The number of halogens is 1. The van der Waals surface area contributed by atoms with Crippen LogP contribution < -0.4 is 30.2 Å². The zero-order valence-corrected chi connectivity index (χ0v) is 25.0. The summed E-state index contributed by atoms with van der Waals surface area (Å²) in [7, 11) is 1.56. The Bertz CT molecular complexity index is 1610. The first-order valence-corrected chi connectivity index (χ1v) is 14.9. The van der Waals surface area contributed by atoms with Crippen molar-refractivity contribution in [3.8, 4) is 23.0 Å². The first-order chi connectivity index (χ1) is 21.4. The minimum absolute atomic E-state index is 0.0563. The summed E-state index contributed by atoms with van der Waals surface area (Å²) in [5, 5.41) is 9.00. The summed E-state index contributed by atoms with van der Waals surface area (Å²) in [6, 6.07) is 17.3. The zero-order valence-electron chi connectivity index (χ0n) is 25.0. The van der Waals surface area contributed by atoms with Gasteiger partial charge in [-0.05, 0) is 80.1 Å². The number of pyridine rings is 1. The third-order valence-electron chi connectivity index (χ3n) is 7.67. The maximum Gasteiger partial charge on any atom is 0.313 e. The number of amides is 2. The smallest absolute Gasteiger partial charge is 0.313 e. The number of nitrogens with zero attached hydrogens (tertiary/aromatic N) is 1. The van der Waals surface area contributed by atoms with Crippen LogP contribution in [0.2, 0.25) is 0 Å². The molecule has 1 aliphatic rings. The minimum Gasteiger partial charge on any atom is -0.493 e. The molecule has 0 unspecified atom stereocenters. The Balaban J connectivity index is 1.20. The van der Waals surface area contributed by atoms with Crippen LogP contribution in [0.25, 0.3) is 10.9 Å². The van der Waals surface area contributed by atoms with Crippen LogP contribution in [0.3, 0.4) is 0 Å². The molecule has 0 aliphatic carbocycles. The van der Waals surface area contributed by atoms with Gasteiger partial charge in [-0.2, -0.15) is 0 Å². The molecule has 44 heavy (non-hydrogen) atoms. The van der Waals surface area contributed by atoms with Crippen LogP contribution in [-0.2, 0) is 22.4 Å². The predicted molar refractivity (Wildman–Crippen MR) is 167 cm³/mol. The van der Waals surface area contributed by atoms with E-state index in [9.17, 15) is 9.59 Å². The maximum absolute atomic E-state index is 15.1. The molecular weight excluding hydrogens is 563 g/mol. The van der Waals surface area contributed by atoms with E-state index in [1.54, 1.807) is 31.5 Å². The highest BCUT2D eigenvalue weighted by Gasteiger charge is 2.18. The minimum atomic E-state index is -0.884. The number of anilines is 1. The highest BCUT2D eigenvalue weighted by atomic mass is 19.1. The first kappa shape index (κ1) is 30.7. The van der Waals surface area contributed by atoms with E-state index in [1.807, 2.05) is 24.3 Å². The average Bonchev–Trinajstić information content (AvgIpc) is 3.05. The summed E-state index contributed by atoms with van der Waals surface area (Å²) in [6.07, 6.45) is 5.23. The molecule has 0 saturated carbocycles. The van der Waals surface area contributed by atoms with Gasteiger partial charge < -0.3 is 30.2 Å². The van der Waals surface area contributed by atoms with Crippen LogP contribution in [0.4, 0.5) is 10.1 Å². The molecule has 230 valence electrons. The number of hydrogen-bond acceptors (Lipinski definition) is 7. The Morgan fingerprint density at radius 2 is 1.70 bits per heavy atom. The molecule has 2 amide bonds. The van der Waals surface area contributed by atoms with Gasteiger partial charge >= 0.3 is 11.8 Å². The van der Waals surface area contributed by atoms with Crippen LogP contribution >= 0.6 is 0 Å². The van der Waals surface area contributed by atoms with Crippen LogP contribution in [-0.4, -0.2) is 50.1 Å². The van der Waals surface area contributed by atoms with E-state index in [2.05, 4.69) is 27.9 Å². The standard InChI is InChI=1S/C34H37FN4O5/c1-3-22-4-6-23(7-5-22)12-16-38-33(40)34(41)39-25-8-9-30(27(35)18-25)44-29-13-17-37-28-20-32(31(42-2)19-26(28)29)43-21-24-10-14-36-15-11-24/h4-9,13,17-20,24,36H,3,10-12,14-16,21H2,1-2H3,(H,38,40)(H,39,41). The largest absolute Gasteiger partial charge is 0.493 e. The van der Waals surface area contributed by atoms with Gasteiger partial charge in [0.1, 0.15) is 5.75 Å². The molecule has 2 heterocycles. The van der Waals surface area contributed by atoms with Crippen LogP contribution in [0.15, 0.2) is 66.9 Å². The summed E-state index contributed by atoms with van der Waals surface area (Å²) >= 11 is 0. The normalized spacial score (nSPS) is 13.3. The Labute approximate surface area is 256 Å². The van der Waals surface area contributed by atoms with Crippen molar-refractivity contribution >= 4 is 28.4 Å². The van der Waals surface area contributed by atoms with Crippen molar-refractivity contribution in [3.05, 3.63) is 83.8 Å². The number of piperidine rings is 1. The van der Waals surface area contributed by atoms with E-state index in [-0.39, 0.29) is 11.4 Å². The Morgan fingerprint density at radius 3 is 2.43 bits per heavy atom. The number of carbonyl (C=O) groups is 2. The van der Waals surface area contributed by atoms with Gasteiger partial charge in [-0.25, -0.2) is 4.39 Å². The SMILES string of the molecule is CCc1ccc(CCNC(=O)C(=O)Nc2ccc(Oc3ccnc4cc(OCC5CCNCC5)c(OC)cc34)c(F)c2)cc1. The average molecular weight is 601 g/mol. The maximum atomic E-state index is 15.1. The number of carbonyl (C=O) groups excluding carboxylic acids is 2. The molecule has 0 atom stereocenters. The van der Waals surface area contributed by atoms with Crippen molar-refractivity contribution < 1.29 is 28.2 Å². The van der Waals surface area contributed by atoms with Crippen molar-refractivity contribution in [2.24, 2.45) is 5.92 Å². The van der Waals surface area contributed by atoms with Gasteiger partial charge in [0.05, 0.1) is 19.2 Å². The molecule has 4 aromatic rings. The molecule has 5 rings (SSSR count). The molecule has 1 saturated heterocycles. The van der Waals surface area contributed by atoms with Crippen molar-refractivity contribution in [3.63, 3.8) is 0 Å². The Kier molecular flexibility index (Phi) is 10.2. The van der Waals surface area contributed by atoms with Gasteiger partial charge in [0, 0.05) is 35.9 Å². The van der Waals surface area contributed by atoms with E-state index in [1.165, 1.54) is 17.7 Å². The number of benzene rings is 3. The number of aromatic nitrogens is 1. The molecule has 1 aliphatic heterocycles. The fraction of sp³-hybridized carbons (Fsp3) is 0.324. The highest BCUT2D eigenvalue weighted by Crippen LogP contribution is 2.38. The van der Waals surface area contributed by atoms with Gasteiger partial charge in [0.25, 0.3) is 0 Å². The fourth-order valence-electron chi connectivity index (χ4n) is 5.06. The van der Waals surface area contributed by atoms with E-state index in [0.29, 0.717) is 53.6 Å². The van der Waals surface area contributed by atoms with Crippen molar-refractivity contribution in [1.82, 2.24) is 15.6 Å². The van der Waals surface area contributed by atoms with E-state index in [0.717, 1.165) is 44.0 Å². The van der Waals surface area contributed by atoms with Crippen LogP contribution in [0.1, 0.15) is 30.9 Å². The molecule has 10 heteroatoms. The highest BCUT2D eigenvalue weighted by molar-refractivity contribution is 6.39. The Morgan fingerprint density at radius 1 is 0.932 bits per heavy atom. The van der Waals surface area contributed by atoms with Gasteiger partial charge in [-0.15, -0.1) is 0 Å². The van der Waals surface area contributed by atoms with Crippen molar-refractivity contribution in [2.75, 3.05) is 38.7 Å². The lowest BCUT2D eigenvalue weighted by Gasteiger charge is -2.23. The third-order valence-corrected chi connectivity index (χ3v) is 7.67. The van der Waals surface area contributed by atoms with Crippen LogP contribution in [0.5, 0.6) is 23.0 Å². The lowest BCUT2D eigenvalue weighted by molar-refractivity contribution is -0.136. The molecule has 3 aromatic carbocycles. The number of rotatable bonds is 11. The summed E-state index contributed by atoms with van der Waals surface area (Å²) in [6.45, 7) is 4.94. The second-order valence-electron chi connectivity index (χ2n) is 10.7. The summed E-state index contributed by atoms with van der Waals surface area (Å²) in [4.78, 5) is 29.1. The third kappa shape index (κ3) is 7.82. The number of aryl methyl sites for hydroxylation is 1.